The fourth-order valence-corrected chi connectivity index (χ4v) is 4.74. The molecule has 0 aliphatic heterocycles. The Labute approximate surface area is 168 Å². The summed E-state index contributed by atoms with van der Waals surface area (Å²) in [6, 6.07) is 18.3. The van der Waals surface area contributed by atoms with E-state index in [1.54, 1.807) is 37.1 Å². The molecule has 0 amide bonds. The molecule has 1 N–H and O–H groups in total. The van der Waals surface area contributed by atoms with E-state index in [0.717, 1.165) is 27.8 Å². The third-order valence-corrected chi connectivity index (χ3v) is 6.79. The molecule has 0 fully saturated rings. The van der Waals surface area contributed by atoms with E-state index in [-0.39, 0.29) is 4.90 Å². The first-order chi connectivity index (χ1) is 13.0. The average molecular weight is 422 g/mol. The fraction of sp³-hybridized carbons (Fsp3) is 0.200. The van der Waals surface area contributed by atoms with Crippen molar-refractivity contribution in [2.45, 2.75) is 10.6 Å². The maximum Gasteiger partial charge on any atom is 0.240 e. The van der Waals surface area contributed by atoms with Crippen LogP contribution in [0.2, 0.25) is 5.02 Å². The van der Waals surface area contributed by atoms with Gasteiger partial charge in [0.1, 0.15) is 5.75 Å². The zero-order valence-corrected chi connectivity index (χ0v) is 17.2. The van der Waals surface area contributed by atoms with Crippen molar-refractivity contribution in [2.24, 2.45) is 0 Å². The van der Waals surface area contributed by atoms with E-state index < -0.39 is 10.0 Å². The summed E-state index contributed by atoms with van der Waals surface area (Å²) in [5.41, 5.74) is 1.16. The first kappa shape index (κ1) is 20.0. The summed E-state index contributed by atoms with van der Waals surface area (Å²) in [5.74, 6) is 2.25. The molecule has 0 saturated carbocycles. The van der Waals surface area contributed by atoms with Crippen LogP contribution in [0, 0.1) is 0 Å². The molecule has 27 heavy (non-hydrogen) atoms. The normalized spacial score (nSPS) is 11.6. The van der Waals surface area contributed by atoms with Crippen molar-refractivity contribution in [3.05, 3.63) is 71.2 Å². The van der Waals surface area contributed by atoms with Gasteiger partial charge in [0.15, 0.2) is 0 Å². The molecule has 3 aromatic carbocycles. The van der Waals surface area contributed by atoms with Crippen LogP contribution in [0.4, 0.5) is 0 Å². The molecule has 0 aromatic heterocycles. The van der Waals surface area contributed by atoms with Gasteiger partial charge in [-0.15, -0.1) is 0 Å². The highest BCUT2D eigenvalue weighted by Crippen LogP contribution is 2.23. The van der Waals surface area contributed by atoms with Crippen LogP contribution in [0.3, 0.4) is 0 Å². The van der Waals surface area contributed by atoms with Crippen LogP contribution >= 0.6 is 23.4 Å². The Morgan fingerprint density at radius 3 is 2.44 bits per heavy atom. The number of thioether (sulfide) groups is 1. The summed E-state index contributed by atoms with van der Waals surface area (Å²) in [7, 11) is -1.92. The molecule has 0 bridgehead atoms. The Morgan fingerprint density at radius 1 is 1.00 bits per heavy atom. The van der Waals surface area contributed by atoms with Gasteiger partial charge in [0.25, 0.3) is 0 Å². The second kappa shape index (κ2) is 8.97. The molecule has 0 spiro atoms. The molecule has 4 nitrogen and oxygen atoms in total. The van der Waals surface area contributed by atoms with Gasteiger partial charge in [0.2, 0.25) is 10.0 Å². The van der Waals surface area contributed by atoms with Crippen LogP contribution in [-0.2, 0) is 15.8 Å². The molecular formula is C20H20ClNO3S2. The number of hydrogen-bond acceptors (Lipinski definition) is 4. The van der Waals surface area contributed by atoms with Gasteiger partial charge in [-0.25, -0.2) is 13.1 Å². The fourth-order valence-electron chi connectivity index (χ4n) is 2.60. The molecule has 0 aliphatic carbocycles. The summed E-state index contributed by atoms with van der Waals surface area (Å²) in [5, 5.41) is 2.51. The van der Waals surface area contributed by atoms with E-state index in [1.165, 1.54) is 0 Å². The smallest absolute Gasteiger partial charge is 0.240 e. The number of fused-ring (bicyclic) bond motifs is 1. The number of rotatable bonds is 8. The molecule has 3 rings (SSSR count). The number of nitrogens with one attached hydrogen (secondary N) is 1. The highest BCUT2D eigenvalue weighted by Gasteiger charge is 2.14. The minimum absolute atomic E-state index is 0.267. The van der Waals surface area contributed by atoms with Crippen LogP contribution < -0.4 is 9.46 Å². The van der Waals surface area contributed by atoms with Gasteiger partial charge in [-0.05, 0) is 52.7 Å². The van der Waals surface area contributed by atoms with Crippen LogP contribution in [0.5, 0.6) is 5.75 Å². The Hall–Kier alpha value is -1.73. The Bertz CT molecular complexity index is 1020. The maximum atomic E-state index is 12.5. The van der Waals surface area contributed by atoms with Crippen molar-refractivity contribution in [1.82, 2.24) is 4.72 Å². The first-order valence-corrected chi connectivity index (χ1v) is 11.4. The number of hydrogen-bond donors (Lipinski definition) is 1. The van der Waals surface area contributed by atoms with Crippen LogP contribution in [0.15, 0.2) is 65.6 Å². The van der Waals surface area contributed by atoms with Gasteiger partial charge in [-0.1, -0.05) is 35.9 Å². The summed E-state index contributed by atoms with van der Waals surface area (Å²) in [4.78, 5) is 0.267. The van der Waals surface area contributed by atoms with Gasteiger partial charge in [0, 0.05) is 23.1 Å². The minimum atomic E-state index is -3.53. The van der Waals surface area contributed by atoms with Crippen LogP contribution in [0.25, 0.3) is 10.8 Å². The molecule has 3 aromatic rings. The minimum Gasteiger partial charge on any atom is -0.497 e. The number of sulfonamides is 1. The Morgan fingerprint density at radius 2 is 1.70 bits per heavy atom. The predicted octanol–water partition coefficient (Wildman–Crippen LogP) is 4.71. The zero-order valence-electron chi connectivity index (χ0n) is 14.8. The van der Waals surface area contributed by atoms with E-state index in [2.05, 4.69) is 4.72 Å². The van der Waals surface area contributed by atoms with Gasteiger partial charge >= 0.3 is 0 Å². The second-order valence-corrected chi connectivity index (χ2v) is 9.26. The highest BCUT2D eigenvalue weighted by atomic mass is 35.5. The summed E-state index contributed by atoms with van der Waals surface area (Å²) >= 11 is 7.54. The van der Waals surface area contributed by atoms with Crippen molar-refractivity contribution < 1.29 is 13.2 Å². The van der Waals surface area contributed by atoms with Gasteiger partial charge in [-0.3, -0.25) is 0 Å². The Kier molecular flexibility index (Phi) is 6.65. The van der Waals surface area contributed by atoms with Crippen molar-refractivity contribution >= 4 is 44.2 Å². The lowest BCUT2D eigenvalue weighted by atomic mass is 10.1. The molecule has 142 valence electrons. The molecular weight excluding hydrogens is 402 g/mol. The lowest BCUT2D eigenvalue weighted by Crippen LogP contribution is -2.26. The quantitative estimate of drug-likeness (QED) is 0.535. The molecule has 0 saturated heterocycles. The highest BCUT2D eigenvalue weighted by molar-refractivity contribution is 7.98. The van der Waals surface area contributed by atoms with E-state index in [9.17, 15) is 8.42 Å². The molecule has 0 heterocycles. The first-order valence-electron chi connectivity index (χ1n) is 8.37. The number of ether oxygens (including phenoxy) is 1. The SMILES string of the molecule is COc1ccc2cc(S(=O)(=O)NCCSCc3ccc(Cl)cc3)ccc2c1. The molecule has 0 radical (unpaired) electrons. The number of methoxy groups -OCH3 is 1. The third kappa shape index (κ3) is 5.39. The predicted molar refractivity (Wildman–Crippen MR) is 113 cm³/mol. The largest absolute Gasteiger partial charge is 0.497 e. The number of benzene rings is 3. The molecule has 7 heteroatoms. The van der Waals surface area contributed by atoms with Gasteiger partial charge in [0.05, 0.1) is 12.0 Å². The van der Waals surface area contributed by atoms with E-state index >= 15 is 0 Å². The second-order valence-electron chi connectivity index (χ2n) is 5.95. The van der Waals surface area contributed by atoms with Crippen molar-refractivity contribution in [3.63, 3.8) is 0 Å². The van der Waals surface area contributed by atoms with E-state index in [4.69, 9.17) is 16.3 Å². The lowest BCUT2D eigenvalue weighted by molar-refractivity contribution is 0.415. The van der Waals surface area contributed by atoms with Crippen LogP contribution in [-0.4, -0.2) is 27.8 Å². The van der Waals surface area contributed by atoms with E-state index in [1.807, 2.05) is 42.5 Å². The summed E-state index contributed by atoms with van der Waals surface area (Å²) in [6.45, 7) is 0.376. The lowest BCUT2D eigenvalue weighted by Gasteiger charge is -2.09. The monoisotopic (exact) mass is 421 g/mol. The average Bonchev–Trinajstić information content (AvgIpc) is 2.68. The maximum absolute atomic E-state index is 12.5. The Balaban J connectivity index is 1.56. The number of halogens is 1. The third-order valence-electron chi connectivity index (χ3n) is 4.05. The van der Waals surface area contributed by atoms with Crippen molar-refractivity contribution in [3.8, 4) is 5.75 Å². The van der Waals surface area contributed by atoms with Crippen LogP contribution in [0.1, 0.15) is 5.56 Å². The molecule has 0 atom stereocenters. The topological polar surface area (TPSA) is 55.4 Å². The molecule has 0 unspecified atom stereocenters. The van der Waals surface area contributed by atoms with Crippen molar-refractivity contribution in [1.29, 1.82) is 0 Å². The summed E-state index contributed by atoms with van der Waals surface area (Å²) in [6.07, 6.45) is 0. The molecule has 0 aliphatic rings. The van der Waals surface area contributed by atoms with E-state index in [0.29, 0.717) is 17.3 Å². The van der Waals surface area contributed by atoms with Crippen molar-refractivity contribution in [2.75, 3.05) is 19.4 Å². The van der Waals surface area contributed by atoms with Gasteiger partial charge < -0.3 is 4.74 Å². The summed E-state index contributed by atoms with van der Waals surface area (Å²) < 4.78 is 32.9. The zero-order chi connectivity index (χ0) is 19.3. The van der Waals surface area contributed by atoms with Gasteiger partial charge in [-0.2, -0.15) is 11.8 Å². The standard InChI is InChI=1S/C20H20ClNO3S2/c1-25-19-8-4-17-13-20(9-5-16(17)12-19)27(23,24)22-10-11-26-14-15-2-6-18(21)7-3-15/h2-9,12-13,22H,10-11,14H2,1H3.